The van der Waals surface area contributed by atoms with Crippen molar-refractivity contribution in [2.45, 2.75) is 45.3 Å². The highest BCUT2D eigenvalue weighted by atomic mass is 16.6. The summed E-state index contributed by atoms with van der Waals surface area (Å²) >= 11 is 0. The van der Waals surface area contributed by atoms with Crippen LogP contribution >= 0.6 is 0 Å². The molecule has 1 aromatic carbocycles. The molecule has 25 heavy (non-hydrogen) atoms. The highest BCUT2D eigenvalue weighted by Gasteiger charge is 2.23. The molecule has 6 heteroatoms. The van der Waals surface area contributed by atoms with E-state index in [4.69, 9.17) is 9.84 Å². The Kier molecular flexibility index (Phi) is 6.07. The predicted molar refractivity (Wildman–Crippen MR) is 97.7 cm³/mol. The van der Waals surface area contributed by atoms with Gasteiger partial charge in [-0.15, -0.1) is 0 Å². The quantitative estimate of drug-likeness (QED) is 0.818. The average molecular weight is 346 g/mol. The monoisotopic (exact) mass is 346 g/mol. The van der Waals surface area contributed by atoms with Crippen LogP contribution in [0.15, 0.2) is 30.3 Å². The summed E-state index contributed by atoms with van der Waals surface area (Å²) in [6.45, 7) is 7.26. The fourth-order valence-corrected chi connectivity index (χ4v) is 2.72. The van der Waals surface area contributed by atoms with Crippen molar-refractivity contribution in [3.05, 3.63) is 35.9 Å². The topological polar surface area (TPSA) is 78.9 Å². The molecule has 0 aliphatic carbocycles. The number of benzene rings is 1. The lowest BCUT2D eigenvalue weighted by Crippen LogP contribution is -2.46. The molecule has 0 atom stereocenters. The Bertz CT molecular complexity index is 624. The van der Waals surface area contributed by atoms with Crippen molar-refractivity contribution in [1.29, 1.82) is 0 Å². The van der Waals surface area contributed by atoms with Gasteiger partial charge in [-0.05, 0) is 57.4 Å². The van der Waals surface area contributed by atoms with Crippen LogP contribution in [0.2, 0.25) is 0 Å². The highest BCUT2D eigenvalue weighted by Crippen LogP contribution is 2.21. The van der Waals surface area contributed by atoms with Gasteiger partial charge in [-0.2, -0.15) is 0 Å². The summed E-state index contributed by atoms with van der Waals surface area (Å²) in [5, 5.41) is 11.6. The zero-order valence-electron chi connectivity index (χ0n) is 15.0. The molecule has 136 valence electrons. The number of carboxylic acid groups (broad SMARTS) is 1. The standard InChI is InChI=1S/C19H26N2O4/c1-19(2,3)25-18(24)20-15-10-12-21(13-11-15)16-7-4-14(5-8-16)6-9-17(22)23/h4-9,15H,10-13H2,1-3H3,(H,20,24)(H,22,23)/b9-6+. The number of hydrogen-bond acceptors (Lipinski definition) is 4. The van der Waals surface area contributed by atoms with Gasteiger partial charge in [0.05, 0.1) is 0 Å². The lowest BCUT2D eigenvalue weighted by Gasteiger charge is -2.34. The first-order valence-electron chi connectivity index (χ1n) is 8.48. The van der Waals surface area contributed by atoms with Gasteiger partial charge in [-0.3, -0.25) is 0 Å². The number of carboxylic acids is 1. The molecule has 0 aromatic heterocycles. The minimum Gasteiger partial charge on any atom is -0.478 e. The minimum absolute atomic E-state index is 0.129. The summed E-state index contributed by atoms with van der Waals surface area (Å²) in [7, 11) is 0. The van der Waals surface area contributed by atoms with Crippen molar-refractivity contribution in [2.75, 3.05) is 18.0 Å². The summed E-state index contributed by atoms with van der Waals surface area (Å²) in [6, 6.07) is 7.91. The molecule has 0 spiro atoms. The highest BCUT2D eigenvalue weighted by molar-refractivity contribution is 5.85. The van der Waals surface area contributed by atoms with E-state index in [1.54, 1.807) is 6.08 Å². The van der Waals surface area contributed by atoms with Gasteiger partial charge in [-0.1, -0.05) is 12.1 Å². The molecule has 1 aromatic rings. The van der Waals surface area contributed by atoms with Gasteiger partial charge in [-0.25, -0.2) is 9.59 Å². The van der Waals surface area contributed by atoms with Crippen molar-refractivity contribution in [2.24, 2.45) is 0 Å². The predicted octanol–water partition coefficient (Wildman–Crippen LogP) is 3.28. The maximum Gasteiger partial charge on any atom is 0.407 e. The van der Waals surface area contributed by atoms with Crippen LogP contribution in [0.4, 0.5) is 10.5 Å². The molecule has 1 amide bonds. The molecule has 1 heterocycles. The summed E-state index contributed by atoms with van der Waals surface area (Å²) < 4.78 is 5.29. The molecule has 0 bridgehead atoms. The number of nitrogens with zero attached hydrogens (tertiary/aromatic N) is 1. The molecule has 1 saturated heterocycles. The van der Waals surface area contributed by atoms with Gasteiger partial charge in [0.2, 0.25) is 0 Å². The van der Waals surface area contributed by atoms with Crippen molar-refractivity contribution in [3.8, 4) is 0 Å². The smallest absolute Gasteiger partial charge is 0.407 e. The lowest BCUT2D eigenvalue weighted by molar-refractivity contribution is -0.131. The molecule has 1 aliphatic rings. The second-order valence-electron chi connectivity index (χ2n) is 7.17. The third-order valence-corrected chi connectivity index (χ3v) is 3.89. The first-order chi connectivity index (χ1) is 11.7. The number of carbonyl (C=O) groups excluding carboxylic acids is 1. The van der Waals surface area contributed by atoms with Crippen LogP contribution in [-0.2, 0) is 9.53 Å². The maximum absolute atomic E-state index is 11.8. The Morgan fingerprint density at radius 3 is 2.32 bits per heavy atom. The number of ether oxygens (including phenoxy) is 1. The number of piperidine rings is 1. The van der Waals surface area contributed by atoms with Crippen LogP contribution in [0.25, 0.3) is 6.08 Å². The Balaban J connectivity index is 1.83. The molecule has 1 fully saturated rings. The fraction of sp³-hybridized carbons (Fsp3) is 0.474. The van der Waals surface area contributed by atoms with Crippen LogP contribution < -0.4 is 10.2 Å². The average Bonchev–Trinajstić information content (AvgIpc) is 2.52. The molecule has 2 rings (SSSR count). The Labute approximate surface area is 148 Å². The molecule has 0 radical (unpaired) electrons. The number of carbonyl (C=O) groups is 2. The van der Waals surface area contributed by atoms with Crippen molar-refractivity contribution >= 4 is 23.8 Å². The first-order valence-corrected chi connectivity index (χ1v) is 8.48. The Morgan fingerprint density at radius 2 is 1.80 bits per heavy atom. The molecule has 0 unspecified atom stereocenters. The van der Waals surface area contributed by atoms with Crippen LogP contribution in [0.3, 0.4) is 0 Å². The molecule has 0 saturated carbocycles. The van der Waals surface area contributed by atoms with Gasteiger partial charge >= 0.3 is 12.1 Å². The molecule has 1 aliphatic heterocycles. The summed E-state index contributed by atoms with van der Waals surface area (Å²) in [5.41, 5.74) is 1.47. The van der Waals surface area contributed by atoms with E-state index in [0.29, 0.717) is 0 Å². The Morgan fingerprint density at radius 1 is 1.20 bits per heavy atom. The summed E-state index contributed by atoms with van der Waals surface area (Å²) in [4.78, 5) is 24.6. The van der Waals surface area contributed by atoms with E-state index in [1.165, 1.54) is 0 Å². The molecular formula is C19H26N2O4. The maximum atomic E-state index is 11.8. The van der Waals surface area contributed by atoms with E-state index in [0.717, 1.165) is 43.3 Å². The second kappa shape index (κ2) is 8.05. The number of nitrogens with one attached hydrogen (secondary N) is 1. The van der Waals surface area contributed by atoms with E-state index >= 15 is 0 Å². The number of anilines is 1. The van der Waals surface area contributed by atoms with E-state index in [2.05, 4.69) is 10.2 Å². The summed E-state index contributed by atoms with van der Waals surface area (Å²) in [6.07, 6.45) is 4.06. The second-order valence-corrected chi connectivity index (χ2v) is 7.17. The zero-order valence-corrected chi connectivity index (χ0v) is 15.0. The largest absolute Gasteiger partial charge is 0.478 e. The van der Waals surface area contributed by atoms with Crippen LogP contribution in [0.1, 0.15) is 39.2 Å². The molecule has 2 N–H and O–H groups in total. The lowest BCUT2D eigenvalue weighted by atomic mass is 10.0. The van der Waals surface area contributed by atoms with E-state index in [9.17, 15) is 9.59 Å². The van der Waals surface area contributed by atoms with Crippen molar-refractivity contribution < 1.29 is 19.4 Å². The number of alkyl carbamates (subject to hydrolysis) is 1. The number of aliphatic carboxylic acids is 1. The third-order valence-electron chi connectivity index (χ3n) is 3.89. The van der Waals surface area contributed by atoms with E-state index < -0.39 is 11.6 Å². The third kappa shape index (κ3) is 6.49. The van der Waals surface area contributed by atoms with Gasteiger partial charge < -0.3 is 20.1 Å². The SMILES string of the molecule is CC(C)(C)OC(=O)NC1CCN(c2ccc(/C=C/C(=O)O)cc2)CC1. The minimum atomic E-state index is -0.955. The number of hydrogen-bond donors (Lipinski definition) is 2. The van der Waals surface area contributed by atoms with Crippen molar-refractivity contribution in [3.63, 3.8) is 0 Å². The normalized spacial score (nSPS) is 16.0. The van der Waals surface area contributed by atoms with Gasteiger partial charge in [0.25, 0.3) is 0 Å². The van der Waals surface area contributed by atoms with Crippen molar-refractivity contribution in [1.82, 2.24) is 5.32 Å². The van der Waals surface area contributed by atoms with Crippen LogP contribution in [0.5, 0.6) is 0 Å². The van der Waals surface area contributed by atoms with Crippen LogP contribution in [-0.4, -0.2) is 41.9 Å². The van der Waals surface area contributed by atoms with E-state index in [-0.39, 0.29) is 12.1 Å². The Hall–Kier alpha value is -2.50. The van der Waals surface area contributed by atoms with Gasteiger partial charge in [0, 0.05) is 30.9 Å². The number of rotatable bonds is 4. The van der Waals surface area contributed by atoms with Gasteiger partial charge in [0.1, 0.15) is 5.60 Å². The van der Waals surface area contributed by atoms with Gasteiger partial charge in [0.15, 0.2) is 0 Å². The van der Waals surface area contributed by atoms with Crippen LogP contribution in [0, 0.1) is 0 Å². The van der Waals surface area contributed by atoms with E-state index in [1.807, 2.05) is 45.0 Å². The molecular weight excluding hydrogens is 320 g/mol. The first kappa shape index (κ1) is 18.8. The zero-order chi connectivity index (χ0) is 18.4. The fourth-order valence-electron chi connectivity index (χ4n) is 2.72. The molecule has 6 nitrogen and oxygen atoms in total. The summed E-state index contributed by atoms with van der Waals surface area (Å²) in [5.74, 6) is -0.955. The number of amides is 1.